The molecule has 11 heteroatoms. The van der Waals surface area contributed by atoms with Crippen LogP contribution in [0.4, 0.5) is 5.69 Å². The van der Waals surface area contributed by atoms with Gasteiger partial charge in [0.15, 0.2) is 11.5 Å². The highest BCUT2D eigenvalue weighted by Gasteiger charge is 2.35. The van der Waals surface area contributed by atoms with E-state index in [0.29, 0.717) is 30.2 Å². The minimum atomic E-state index is -3.57. The predicted octanol–water partition coefficient (Wildman–Crippen LogP) is 1.43. The quantitative estimate of drug-likeness (QED) is 0.532. The van der Waals surface area contributed by atoms with E-state index in [1.54, 1.807) is 30.4 Å². The summed E-state index contributed by atoms with van der Waals surface area (Å²) in [5.41, 5.74) is 1.26. The number of sulfonamides is 1. The van der Waals surface area contributed by atoms with Crippen molar-refractivity contribution in [1.29, 1.82) is 0 Å². The largest absolute Gasteiger partial charge is 0.348 e. The molecule has 3 heterocycles. The van der Waals surface area contributed by atoms with Crippen LogP contribution in [0, 0.1) is 5.92 Å². The second-order valence-electron chi connectivity index (χ2n) is 7.75. The van der Waals surface area contributed by atoms with Crippen LogP contribution in [0.2, 0.25) is 0 Å². The second kappa shape index (κ2) is 9.28. The van der Waals surface area contributed by atoms with Crippen molar-refractivity contribution in [2.75, 3.05) is 24.5 Å². The molecule has 2 aromatic heterocycles. The molecule has 1 N–H and O–H groups in total. The van der Waals surface area contributed by atoms with Crippen molar-refractivity contribution >= 4 is 33.2 Å². The third kappa shape index (κ3) is 4.46. The highest BCUT2D eigenvalue weighted by atomic mass is 32.2. The molecule has 0 saturated carbocycles. The fourth-order valence-electron chi connectivity index (χ4n) is 3.97. The van der Waals surface area contributed by atoms with Crippen LogP contribution < -0.4 is 10.2 Å². The van der Waals surface area contributed by atoms with Crippen LogP contribution in [0.3, 0.4) is 0 Å². The number of rotatable bonds is 8. The Morgan fingerprint density at radius 1 is 1.12 bits per heavy atom. The number of hydrogen-bond acceptors (Lipinski definition) is 6. The van der Waals surface area contributed by atoms with Gasteiger partial charge in [-0.15, -0.1) is 10.2 Å². The van der Waals surface area contributed by atoms with Crippen LogP contribution in [0.1, 0.15) is 26.1 Å². The molecule has 4 rings (SSSR count). The molecule has 0 radical (unpaired) electrons. The van der Waals surface area contributed by atoms with Gasteiger partial charge in [-0.25, -0.2) is 8.42 Å². The molecule has 1 aliphatic rings. The molecule has 0 spiro atoms. The Hall–Kier alpha value is -3.31. The lowest BCUT2D eigenvalue weighted by Crippen LogP contribution is -2.33. The number of pyridine rings is 1. The van der Waals surface area contributed by atoms with Gasteiger partial charge >= 0.3 is 0 Å². The normalized spacial score (nSPS) is 16.6. The van der Waals surface area contributed by atoms with Crippen LogP contribution in [0.15, 0.2) is 53.6 Å². The van der Waals surface area contributed by atoms with Crippen LogP contribution in [-0.4, -0.2) is 58.8 Å². The van der Waals surface area contributed by atoms with E-state index < -0.39 is 15.9 Å². The molecule has 3 aromatic rings. The maximum absolute atomic E-state index is 12.7. The van der Waals surface area contributed by atoms with E-state index in [2.05, 4.69) is 15.5 Å². The number of hydrogen-bond donors (Lipinski definition) is 1. The number of fused-ring (bicyclic) bond motifs is 1. The average molecular weight is 471 g/mol. The Bertz CT molecular complexity index is 1270. The summed E-state index contributed by atoms with van der Waals surface area (Å²) in [5.74, 6) is -0.317. The van der Waals surface area contributed by atoms with E-state index in [9.17, 15) is 18.0 Å². The molecule has 1 saturated heterocycles. The van der Waals surface area contributed by atoms with Gasteiger partial charge in [-0.1, -0.05) is 19.9 Å². The summed E-state index contributed by atoms with van der Waals surface area (Å²) in [5, 5.41) is 11.0. The summed E-state index contributed by atoms with van der Waals surface area (Å²) in [4.78, 5) is 27.0. The van der Waals surface area contributed by atoms with Crippen molar-refractivity contribution in [1.82, 2.24) is 24.2 Å². The van der Waals surface area contributed by atoms with E-state index in [4.69, 9.17) is 0 Å². The molecular weight excluding hydrogens is 444 g/mol. The third-order valence-electron chi connectivity index (χ3n) is 5.79. The van der Waals surface area contributed by atoms with Gasteiger partial charge in [0.05, 0.1) is 17.4 Å². The molecule has 0 aliphatic carbocycles. The third-order valence-corrected chi connectivity index (χ3v) is 7.86. The van der Waals surface area contributed by atoms with Crippen molar-refractivity contribution in [2.24, 2.45) is 5.92 Å². The van der Waals surface area contributed by atoms with Crippen LogP contribution in [0.5, 0.6) is 0 Å². The SMILES string of the molecule is CCN(CC)S(=O)(=O)c1ccc(N2CC(C(=O)NCc3nnc4ccccn34)CC2=O)cc1. The van der Waals surface area contributed by atoms with Gasteiger partial charge in [-0.2, -0.15) is 4.31 Å². The minimum absolute atomic E-state index is 0.0892. The van der Waals surface area contributed by atoms with Crippen molar-refractivity contribution in [3.8, 4) is 0 Å². The van der Waals surface area contributed by atoms with Gasteiger partial charge in [0.1, 0.15) is 0 Å². The summed E-state index contributed by atoms with van der Waals surface area (Å²) in [6.07, 6.45) is 1.91. The van der Waals surface area contributed by atoms with E-state index in [1.807, 2.05) is 24.4 Å². The molecule has 1 unspecified atom stereocenters. The number of benzene rings is 1. The number of carbonyl (C=O) groups excluding carboxylic acids is 2. The summed E-state index contributed by atoms with van der Waals surface area (Å²) < 4.78 is 28.5. The first-order valence-electron chi connectivity index (χ1n) is 10.8. The Balaban J connectivity index is 1.41. The number of carbonyl (C=O) groups is 2. The lowest BCUT2D eigenvalue weighted by molar-refractivity contribution is -0.126. The Morgan fingerprint density at radius 3 is 2.55 bits per heavy atom. The van der Waals surface area contributed by atoms with Crippen LogP contribution >= 0.6 is 0 Å². The topological polar surface area (TPSA) is 117 Å². The zero-order valence-corrected chi connectivity index (χ0v) is 19.3. The first kappa shape index (κ1) is 22.9. The Kier molecular flexibility index (Phi) is 6.43. The van der Waals surface area contributed by atoms with E-state index in [0.717, 1.165) is 0 Å². The Morgan fingerprint density at radius 2 is 1.85 bits per heavy atom. The monoisotopic (exact) mass is 470 g/mol. The van der Waals surface area contributed by atoms with Crippen molar-refractivity contribution in [2.45, 2.75) is 31.7 Å². The molecule has 174 valence electrons. The summed E-state index contributed by atoms with van der Waals surface area (Å²) in [7, 11) is -3.57. The summed E-state index contributed by atoms with van der Waals surface area (Å²) >= 11 is 0. The van der Waals surface area contributed by atoms with Gasteiger partial charge in [-0.3, -0.25) is 14.0 Å². The van der Waals surface area contributed by atoms with Gasteiger partial charge in [0.2, 0.25) is 21.8 Å². The average Bonchev–Trinajstić information content (AvgIpc) is 3.42. The highest BCUT2D eigenvalue weighted by molar-refractivity contribution is 7.89. The smallest absolute Gasteiger partial charge is 0.243 e. The van der Waals surface area contributed by atoms with Gasteiger partial charge in [-0.05, 0) is 36.4 Å². The van der Waals surface area contributed by atoms with Crippen LogP contribution in [-0.2, 0) is 26.2 Å². The van der Waals surface area contributed by atoms with Gasteiger partial charge < -0.3 is 10.2 Å². The maximum Gasteiger partial charge on any atom is 0.243 e. The first-order valence-corrected chi connectivity index (χ1v) is 12.3. The number of anilines is 1. The molecule has 1 fully saturated rings. The van der Waals surface area contributed by atoms with E-state index >= 15 is 0 Å². The Labute approximate surface area is 192 Å². The molecule has 10 nitrogen and oxygen atoms in total. The summed E-state index contributed by atoms with van der Waals surface area (Å²) in [6.45, 7) is 4.77. The molecular formula is C22H26N6O4S. The maximum atomic E-state index is 12.7. The van der Waals surface area contributed by atoms with Gasteiger partial charge in [0, 0.05) is 37.9 Å². The molecule has 2 amide bonds. The fraction of sp³-hybridized carbons (Fsp3) is 0.364. The molecule has 33 heavy (non-hydrogen) atoms. The molecule has 1 atom stereocenters. The number of amides is 2. The number of nitrogens with zero attached hydrogens (tertiary/aromatic N) is 5. The predicted molar refractivity (Wildman–Crippen MR) is 122 cm³/mol. The van der Waals surface area contributed by atoms with Crippen molar-refractivity contribution in [3.63, 3.8) is 0 Å². The molecule has 1 aromatic carbocycles. The molecule has 0 bridgehead atoms. The lowest BCUT2D eigenvalue weighted by Gasteiger charge is -2.20. The van der Waals surface area contributed by atoms with E-state index in [-0.39, 0.29) is 36.2 Å². The first-order chi connectivity index (χ1) is 15.8. The zero-order valence-electron chi connectivity index (χ0n) is 18.5. The number of aromatic nitrogens is 3. The highest BCUT2D eigenvalue weighted by Crippen LogP contribution is 2.27. The lowest BCUT2D eigenvalue weighted by atomic mass is 10.1. The van der Waals surface area contributed by atoms with Crippen molar-refractivity contribution < 1.29 is 18.0 Å². The summed E-state index contributed by atoms with van der Waals surface area (Å²) in [6, 6.07) is 11.8. The fourth-order valence-corrected chi connectivity index (χ4v) is 5.42. The van der Waals surface area contributed by atoms with Gasteiger partial charge in [0.25, 0.3) is 0 Å². The second-order valence-corrected chi connectivity index (χ2v) is 9.69. The zero-order chi connectivity index (χ0) is 23.6. The standard InChI is InChI=1S/C22H26N6O4S/c1-3-26(4-2)33(31,32)18-10-8-17(9-11-18)28-15-16(13-21(28)29)22(30)23-14-20-25-24-19-7-5-6-12-27(19)20/h5-12,16H,3-4,13-15H2,1-2H3,(H,23,30). The number of nitrogens with one attached hydrogen (secondary N) is 1. The van der Waals surface area contributed by atoms with E-state index in [1.165, 1.54) is 21.3 Å². The van der Waals surface area contributed by atoms with Crippen LogP contribution in [0.25, 0.3) is 5.65 Å². The molecule has 1 aliphatic heterocycles. The minimum Gasteiger partial charge on any atom is -0.348 e. The van der Waals surface area contributed by atoms with Crippen molar-refractivity contribution in [3.05, 3.63) is 54.5 Å².